The van der Waals surface area contributed by atoms with Crippen molar-refractivity contribution in [3.8, 4) is 11.8 Å². The number of nitriles is 1. The van der Waals surface area contributed by atoms with Gasteiger partial charge in [-0.05, 0) is 74.7 Å². The molecule has 1 saturated heterocycles. The van der Waals surface area contributed by atoms with Crippen LogP contribution in [0, 0.1) is 18.3 Å². The van der Waals surface area contributed by atoms with Crippen LogP contribution >= 0.6 is 31.9 Å². The number of benzene rings is 2. The number of carbonyl (C=O) groups excluding carboxylic acids is 1. The van der Waals surface area contributed by atoms with Crippen molar-refractivity contribution in [1.82, 2.24) is 4.90 Å². The summed E-state index contributed by atoms with van der Waals surface area (Å²) >= 11 is 6.63. The zero-order valence-electron chi connectivity index (χ0n) is 16.5. The van der Waals surface area contributed by atoms with E-state index in [9.17, 15) is 18.5 Å². The van der Waals surface area contributed by atoms with Crippen molar-refractivity contribution in [1.29, 1.82) is 5.26 Å². The van der Waals surface area contributed by atoms with Gasteiger partial charge in [0.05, 0.1) is 22.2 Å². The summed E-state index contributed by atoms with van der Waals surface area (Å²) in [5.41, 5.74) is 1.43. The van der Waals surface area contributed by atoms with Crippen molar-refractivity contribution in [2.75, 3.05) is 26.3 Å². The van der Waals surface area contributed by atoms with Crippen LogP contribution in [0.1, 0.15) is 11.1 Å². The largest absolute Gasteiger partial charge is 0.378 e. The van der Waals surface area contributed by atoms with Crippen LogP contribution in [0.2, 0.25) is 0 Å². The smallest absolute Gasteiger partial charge is 0.339 e. The predicted octanol–water partition coefficient (Wildman–Crippen LogP) is 4.05. The van der Waals surface area contributed by atoms with Gasteiger partial charge in [0, 0.05) is 13.1 Å². The number of hydrogen-bond donors (Lipinski definition) is 0. The monoisotopic (exact) mass is 568 g/mol. The Bertz CT molecular complexity index is 1140. The van der Waals surface area contributed by atoms with Gasteiger partial charge in [-0.25, -0.2) is 0 Å². The summed E-state index contributed by atoms with van der Waals surface area (Å²) in [4.78, 5) is 14.2. The molecule has 162 valence electrons. The van der Waals surface area contributed by atoms with E-state index >= 15 is 0 Å². The fraction of sp³-hybridized carbons (Fsp3) is 0.238. The normalized spacial score (nSPS) is 14.8. The highest BCUT2D eigenvalue weighted by Gasteiger charge is 2.23. The van der Waals surface area contributed by atoms with Gasteiger partial charge in [0.25, 0.3) is 5.91 Å². The van der Waals surface area contributed by atoms with E-state index in [-0.39, 0.29) is 22.1 Å². The minimum Gasteiger partial charge on any atom is -0.378 e. The number of rotatable bonds is 5. The number of amides is 1. The maximum atomic E-state index is 12.6. The molecule has 0 N–H and O–H groups in total. The molecular weight excluding hydrogens is 552 g/mol. The Labute approximate surface area is 197 Å². The van der Waals surface area contributed by atoms with Crippen molar-refractivity contribution in [3.05, 3.63) is 62.0 Å². The maximum absolute atomic E-state index is 12.6. The Morgan fingerprint density at radius 1 is 1.16 bits per heavy atom. The lowest BCUT2D eigenvalue weighted by molar-refractivity contribution is -0.130. The summed E-state index contributed by atoms with van der Waals surface area (Å²) in [6, 6.07) is 11.4. The molecule has 0 unspecified atom stereocenters. The van der Waals surface area contributed by atoms with E-state index in [0.717, 1.165) is 5.56 Å². The van der Waals surface area contributed by atoms with Crippen LogP contribution < -0.4 is 4.18 Å². The second-order valence-electron chi connectivity index (χ2n) is 6.74. The fourth-order valence-corrected chi connectivity index (χ4v) is 5.41. The van der Waals surface area contributed by atoms with Crippen LogP contribution in [-0.4, -0.2) is 45.5 Å². The average molecular weight is 570 g/mol. The van der Waals surface area contributed by atoms with Crippen molar-refractivity contribution in [2.24, 2.45) is 0 Å². The molecular formula is C21H18Br2N2O5S. The third-order valence-corrected chi connectivity index (χ3v) is 6.90. The fourth-order valence-electron chi connectivity index (χ4n) is 2.85. The van der Waals surface area contributed by atoms with E-state index in [4.69, 9.17) is 8.92 Å². The standard InChI is InChI=1S/C21H18Br2N2O5S/c1-14-2-4-17(5-3-14)31(27,28)30-20-18(22)11-15(12-19(20)23)10-16(13-24)21(26)25-6-8-29-9-7-25/h2-5,10-12H,6-9H2,1H3/b16-10+. The second kappa shape index (κ2) is 9.96. The minimum absolute atomic E-state index is 0.0263. The van der Waals surface area contributed by atoms with Crippen molar-refractivity contribution in [3.63, 3.8) is 0 Å². The summed E-state index contributed by atoms with van der Waals surface area (Å²) in [6.07, 6.45) is 1.45. The molecule has 0 bridgehead atoms. The molecule has 1 aliphatic rings. The molecule has 3 rings (SSSR count). The van der Waals surface area contributed by atoms with Crippen molar-refractivity contribution < 1.29 is 22.1 Å². The number of halogens is 2. The van der Waals surface area contributed by atoms with Crippen LogP contribution in [0.25, 0.3) is 6.08 Å². The van der Waals surface area contributed by atoms with Crippen molar-refractivity contribution in [2.45, 2.75) is 11.8 Å². The zero-order valence-corrected chi connectivity index (χ0v) is 20.5. The van der Waals surface area contributed by atoms with E-state index in [1.54, 1.807) is 29.2 Å². The molecule has 2 aromatic carbocycles. The summed E-state index contributed by atoms with van der Waals surface area (Å²) < 4.78 is 36.5. The van der Waals surface area contributed by atoms with E-state index in [1.165, 1.54) is 18.2 Å². The molecule has 0 spiro atoms. The number of carbonyl (C=O) groups is 1. The van der Waals surface area contributed by atoms with Gasteiger partial charge in [-0.3, -0.25) is 4.79 Å². The molecule has 0 radical (unpaired) electrons. The Kier molecular flexibility index (Phi) is 7.54. The van der Waals surface area contributed by atoms with Gasteiger partial charge in [0.1, 0.15) is 16.5 Å². The first-order chi connectivity index (χ1) is 14.7. The van der Waals surface area contributed by atoms with Gasteiger partial charge in [-0.1, -0.05) is 17.7 Å². The quantitative estimate of drug-likeness (QED) is 0.306. The molecule has 7 nitrogen and oxygen atoms in total. The van der Waals surface area contributed by atoms with Crippen LogP contribution in [0.4, 0.5) is 0 Å². The molecule has 1 fully saturated rings. The summed E-state index contributed by atoms with van der Waals surface area (Å²) in [5, 5.41) is 9.46. The van der Waals surface area contributed by atoms with Gasteiger partial charge >= 0.3 is 10.1 Å². The average Bonchev–Trinajstić information content (AvgIpc) is 2.75. The number of morpholine rings is 1. The second-order valence-corrected chi connectivity index (χ2v) is 9.99. The first-order valence-corrected chi connectivity index (χ1v) is 12.2. The van der Waals surface area contributed by atoms with Gasteiger partial charge in [-0.15, -0.1) is 0 Å². The lowest BCUT2D eigenvalue weighted by Gasteiger charge is -2.26. The highest BCUT2D eigenvalue weighted by molar-refractivity contribution is 9.11. The third-order valence-electron chi connectivity index (χ3n) is 4.48. The van der Waals surface area contributed by atoms with Gasteiger partial charge in [-0.2, -0.15) is 13.7 Å². The zero-order chi connectivity index (χ0) is 22.6. The summed E-state index contributed by atoms with van der Waals surface area (Å²) in [7, 11) is -4.04. The highest BCUT2D eigenvalue weighted by atomic mass is 79.9. The van der Waals surface area contributed by atoms with Crippen LogP contribution in [-0.2, 0) is 19.6 Å². The molecule has 0 aromatic heterocycles. The van der Waals surface area contributed by atoms with Gasteiger partial charge in [0.15, 0.2) is 5.75 Å². The Morgan fingerprint density at radius 3 is 2.29 bits per heavy atom. The van der Waals surface area contributed by atoms with Crippen LogP contribution in [0.15, 0.2) is 55.8 Å². The molecule has 0 saturated carbocycles. The van der Waals surface area contributed by atoms with E-state index in [0.29, 0.717) is 40.8 Å². The van der Waals surface area contributed by atoms with Crippen LogP contribution in [0.3, 0.4) is 0 Å². The van der Waals surface area contributed by atoms with E-state index in [2.05, 4.69) is 31.9 Å². The number of ether oxygens (including phenoxy) is 1. The summed E-state index contributed by atoms with van der Waals surface area (Å²) in [5.74, 6) is -0.309. The molecule has 1 heterocycles. The van der Waals surface area contributed by atoms with E-state index < -0.39 is 10.1 Å². The molecule has 31 heavy (non-hydrogen) atoms. The van der Waals surface area contributed by atoms with Crippen molar-refractivity contribution >= 4 is 54.0 Å². The lowest BCUT2D eigenvalue weighted by atomic mass is 10.1. The SMILES string of the molecule is Cc1ccc(S(=O)(=O)Oc2c(Br)cc(/C=C(\C#N)C(=O)N3CCOCC3)cc2Br)cc1. The Balaban J connectivity index is 1.87. The minimum atomic E-state index is -4.04. The number of hydrogen-bond acceptors (Lipinski definition) is 6. The molecule has 0 atom stereocenters. The lowest BCUT2D eigenvalue weighted by Crippen LogP contribution is -2.41. The highest BCUT2D eigenvalue weighted by Crippen LogP contribution is 2.37. The van der Waals surface area contributed by atoms with Gasteiger partial charge < -0.3 is 13.8 Å². The summed E-state index contributed by atoms with van der Waals surface area (Å²) in [6.45, 7) is 3.58. The number of aryl methyl sites for hydroxylation is 1. The molecule has 10 heteroatoms. The number of nitrogens with zero attached hydrogens (tertiary/aromatic N) is 2. The van der Waals surface area contributed by atoms with Gasteiger partial charge in [0.2, 0.25) is 0 Å². The van der Waals surface area contributed by atoms with E-state index in [1.807, 2.05) is 13.0 Å². The Hall–Kier alpha value is -2.19. The maximum Gasteiger partial charge on any atom is 0.339 e. The molecule has 1 aliphatic heterocycles. The predicted molar refractivity (Wildman–Crippen MR) is 122 cm³/mol. The first kappa shape index (κ1) is 23.5. The molecule has 2 aromatic rings. The topological polar surface area (TPSA) is 96.7 Å². The molecule has 1 amide bonds. The Morgan fingerprint density at radius 2 is 1.74 bits per heavy atom. The molecule has 0 aliphatic carbocycles. The third kappa shape index (κ3) is 5.74. The first-order valence-electron chi connectivity index (χ1n) is 9.20. The van der Waals surface area contributed by atoms with Crippen LogP contribution in [0.5, 0.6) is 5.75 Å².